The summed E-state index contributed by atoms with van der Waals surface area (Å²) >= 11 is 6.51. The van der Waals surface area contributed by atoms with Gasteiger partial charge in [-0.05, 0) is 62.8 Å². The first-order chi connectivity index (χ1) is 14.9. The maximum absolute atomic E-state index is 10.9. The number of aliphatic hydroxyl groups is 1. The van der Waals surface area contributed by atoms with E-state index in [0.29, 0.717) is 39.8 Å². The zero-order valence-corrected chi connectivity index (χ0v) is 21.4. The van der Waals surface area contributed by atoms with E-state index in [9.17, 15) is 10.2 Å². The standard InChI is InChI=1S/C26H38ClNO4/c1-16(11-13-25(5)17(2)12-14-26(6,30)19(25)4)9-10-20-23(29)21(15-28-32-8)18(3)22(27)24(20)31-7/h9,11,13,15,17,19,29-30H,10,12,14H2,1-8H3/b13-11+,16-9+,28-15+/t17-,19-,25+,26?/m1/s1. The summed E-state index contributed by atoms with van der Waals surface area (Å²) < 4.78 is 5.51. The first kappa shape index (κ1) is 26.3. The van der Waals surface area contributed by atoms with E-state index in [2.05, 4.69) is 38.1 Å². The van der Waals surface area contributed by atoms with Crippen LogP contribution in [0.2, 0.25) is 5.02 Å². The average molecular weight is 464 g/mol. The highest BCUT2D eigenvalue weighted by molar-refractivity contribution is 6.33. The fraction of sp³-hybridized carbons (Fsp3) is 0.577. The van der Waals surface area contributed by atoms with Crippen LogP contribution in [0.3, 0.4) is 0 Å². The molecular weight excluding hydrogens is 426 g/mol. The predicted octanol–water partition coefficient (Wildman–Crippen LogP) is 6.21. The van der Waals surface area contributed by atoms with Gasteiger partial charge in [0, 0.05) is 11.1 Å². The third-order valence-electron chi connectivity index (χ3n) is 7.58. The molecular formula is C26H38ClNO4. The third-order valence-corrected chi connectivity index (χ3v) is 8.04. The Balaban J connectivity index is 2.37. The largest absolute Gasteiger partial charge is 0.507 e. The summed E-state index contributed by atoms with van der Waals surface area (Å²) in [6.07, 6.45) is 10.1. The summed E-state index contributed by atoms with van der Waals surface area (Å²) in [7, 11) is 2.99. The number of oxime groups is 1. The average Bonchev–Trinajstić information content (AvgIpc) is 2.75. The van der Waals surface area contributed by atoms with Gasteiger partial charge in [-0.15, -0.1) is 0 Å². The molecule has 1 aromatic rings. The molecule has 2 rings (SSSR count). The summed E-state index contributed by atoms with van der Waals surface area (Å²) in [5.41, 5.74) is 2.07. The molecule has 0 heterocycles. The highest BCUT2D eigenvalue weighted by Crippen LogP contribution is 2.50. The Labute approximate surface area is 197 Å². The van der Waals surface area contributed by atoms with Crippen LogP contribution in [0.25, 0.3) is 0 Å². The number of phenolic OH excluding ortho intramolecular Hbond substituents is 1. The van der Waals surface area contributed by atoms with Crippen molar-refractivity contribution in [2.24, 2.45) is 22.4 Å². The fourth-order valence-corrected chi connectivity index (χ4v) is 4.91. The fourth-order valence-electron chi connectivity index (χ4n) is 4.62. The first-order valence-corrected chi connectivity index (χ1v) is 11.5. The molecule has 0 bridgehead atoms. The SMILES string of the molecule is CO/N=C/c1c(C)c(Cl)c(OC)c(C/C=C(C)/C=C/[C@@]2(C)[C@H](C)CCC(C)(O)[C@@H]2C)c1O. The van der Waals surface area contributed by atoms with Gasteiger partial charge in [0.15, 0.2) is 0 Å². The molecule has 1 fully saturated rings. The van der Waals surface area contributed by atoms with E-state index in [1.54, 1.807) is 14.0 Å². The maximum atomic E-state index is 10.9. The van der Waals surface area contributed by atoms with Crippen LogP contribution in [0, 0.1) is 24.2 Å². The van der Waals surface area contributed by atoms with E-state index in [1.165, 1.54) is 13.3 Å². The zero-order chi connectivity index (χ0) is 24.3. The number of allylic oxidation sites excluding steroid dienone is 4. The molecule has 5 nitrogen and oxygen atoms in total. The van der Waals surface area contributed by atoms with Crippen LogP contribution in [0.1, 0.15) is 64.2 Å². The Bertz CT molecular complexity index is 919. The van der Waals surface area contributed by atoms with Gasteiger partial charge < -0.3 is 19.8 Å². The summed E-state index contributed by atoms with van der Waals surface area (Å²) in [6, 6.07) is 0. The lowest BCUT2D eigenvalue weighted by Crippen LogP contribution is -2.49. The Morgan fingerprint density at radius 1 is 1.28 bits per heavy atom. The maximum Gasteiger partial charge on any atom is 0.144 e. The quantitative estimate of drug-likeness (QED) is 0.286. The number of nitrogens with zero attached hydrogens (tertiary/aromatic N) is 1. The van der Waals surface area contributed by atoms with Crippen molar-refractivity contribution in [2.75, 3.05) is 14.2 Å². The van der Waals surface area contributed by atoms with Crippen LogP contribution >= 0.6 is 11.6 Å². The minimum atomic E-state index is -0.665. The van der Waals surface area contributed by atoms with Crippen LogP contribution in [0.5, 0.6) is 11.5 Å². The molecule has 0 spiro atoms. The molecule has 6 heteroatoms. The van der Waals surface area contributed by atoms with E-state index >= 15 is 0 Å². The zero-order valence-electron chi connectivity index (χ0n) is 20.6. The molecule has 32 heavy (non-hydrogen) atoms. The molecule has 0 aliphatic heterocycles. The second-order valence-corrected chi connectivity index (χ2v) is 9.88. The molecule has 1 aliphatic rings. The van der Waals surface area contributed by atoms with Gasteiger partial charge in [-0.2, -0.15) is 0 Å². The van der Waals surface area contributed by atoms with Gasteiger partial charge in [-0.3, -0.25) is 0 Å². The summed E-state index contributed by atoms with van der Waals surface area (Å²) in [5, 5.41) is 25.9. The van der Waals surface area contributed by atoms with Crippen LogP contribution in [-0.2, 0) is 11.3 Å². The third kappa shape index (κ3) is 5.15. The van der Waals surface area contributed by atoms with Gasteiger partial charge in [0.1, 0.15) is 18.6 Å². The highest BCUT2D eigenvalue weighted by Gasteiger charge is 2.47. The van der Waals surface area contributed by atoms with Crippen molar-refractivity contribution < 1.29 is 19.8 Å². The molecule has 1 aromatic carbocycles. The minimum absolute atomic E-state index is 0.0788. The Kier molecular flexibility index (Phi) is 8.46. The molecule has 0 radical (unpaired) electrons. The van der Waals surface area contributed by atoms with Gasteiger partial charge >= 0.3 is 0 Å². The number of ether oxygens (including phenoxy) is 1. The molecule has 1 saturated carbocycles. The first-order valence-electron chi connectivity index (χ1n) is 11.1. The normalized spacial score (nSPS) is 29.1. The second kappa shape index (κ2) is 10.3. The summed E-state index contributed by atoms with van der Waals surface area (Å²) in [4.78, 5) is 4.77. The van der Waals surface area contributed by atoms with Crippen molar-refractivity contribution in [2.45, 2.75) is 66.4 Å². The van der Waals surface area contributed by atoms with Crippen molar-refractivity contribution in [3.8, 4) is 11.5 Å². The number of aromatic hydroxyl groups is 1. The molecule has 0 amide bonds. The topological polar surface area (TPSA) is 71.3 Å². The predicted molar refractivity (Wildman–Crippen MR) is 132 cm³/mol. The monoisotopic (exact) mass is 463 g/mol. The number of halogens is 1. The lowest BCUT2D eigenvalue weighted by molar-refractivity contribution is -0.0915. The van der Waals surface area contributed by atoms with Crippen molar-refractivity contribution in [3.05, 3.63) is 45.5 Å². The van der Waals surface area contributed by atoms with Crippen LogP contribution in [0.4, 0.5) is 0 Å². The lowest BCUT2D eigenvalue weighted by Gasteiger charge is -2.50. The molecule has 0 aromatic heterocycles. The molecule has 1 unspecified atom stereocenters. The Morgan fingerprint density at radius 3 is 2.53 bits per heavy atom. The van der Waals surface area contributed by atoms with E-state index < -0.39 is 5.60 Å². The van der Waals surface area contributed by atoms with Crippen molar-refractivity contribution in [1.82, 2.24) is 0 Å². The number of methoxy groups -OCH3 is 1. The number of benzene rings is 1. The number of rotatable bonds is 7. The second-order valence-electron chi connectivity index (χ2n) is 9.50. The van der Waals surface area contributed by atoms with Gasteiger partial charge in [0.05, 0.1) is 23.9 Å². The van der Waals surface area contributed by atoms with Gasteiger partial charge in [0.25, 0.3) is 0 Å². The Morgan fingerprint density at radius 2 is 1.94 bits per heavy atom. The van der Waals surface area contributed by atoms with Crippen LogP contribution in [0.15, 0.2) is 29.0 Å². The van der Waals surface area contributed by atoms with Crippen molar-refractivity contribution in [1.29, 1.82) is 0 Å². The summed E-state index contributed by atoms with van der Waals surface area (Å²) in [5.74, 6) is 1.16. The highest BCUT2D eigenvalue weighted by atomic mass is 35.5. The molecule has 4 atom stereocenters. The van der Waals surface area contributed by atoms with E-state index in [1.807, 2.05) is 19.9 Å². The van der Waals surface area contributed by atoms with Crippen molar-refractivity contribution >= 4 is 17.8 Å². The molecule has 1 aliphatic carbocycles. The number of hydrogen-bond acceptors (Lipinski definition) is 5. The smallest absolute Gasteiger partial charge is 0.144 e. The van der Waals surface area contributed by atoms with E-state index in [-0.39, 0.29) is 17.1 Å². The minimum Gasteiger partial charge on any atom is -0.507 e. The van der Waals surface area contributed by atoms with Crippen molar-refractivity contribution in [3.63, 3.8) is 0 Å². The molecule has 0 saturated heterocycles. The van der Waals surface area contributed by atoms with Gasteiger partial charge in [0.2, 0.25) is 0 Å². The van der Waals surface area contributed by atoms with E-state index in [0.717, 1.165) is 18.4 Å². The van der Waals surface area contributed by atoms with Crippen LogP contribution in [-0.4, -0.2) is 36.2 Å². The molecule has 2 N–H and O–H groups in total. The van der Waals surface area contributed by atoms with Gasteiger partial charge in [-0.25, -0.2) is 0 Å². The van der Waals surface area contributed by atoms with Crippen LogP contribution < -0.4 is 4.74 Å². The number of phenols is 1. The lowest BCUT2D eigenvalue weighted by atomic mass is 9.57. The summed E-state index contributed by atoms with van der Waals surface area (Å²) in [6.45, 7) is 12.4. The van der Waals surface area contributed by atoms with Gasteiger partial charge in [-0.1, -0.05) is 61.3 Å². The number of hydrogen-bond donors (Lipinski definition) is 2. The molecule has 178 valence electrons. The Hall–Kier alpha value is -1.98. The van der Waals surface area contributed by atoms with E-state index in [4.69, 9.17) is 21.2 Å².